The third-order valence-electron chi connectivity index (χ3n) is 4.89. The predicted octanol–water partition coefficient (Wildman–Crippen LogP) is 4.72. The van der Waals surface area contributed by atoms with E-state index in [1.54, 1.807) is 11.0 Å². The molecule has 1 amide bonds. The summed E-state index contributed by atoms with van der Waals surface area (Å²) in [5, 5.41) is 1.25. The molecule has 5 rings (SSSR count). The van der Waals surface area contributed by atoms with Crippen molar-refractivity contribution in [2.75, 3.05) is 18.1 Å². The van der Waals surface area contributed by atoms with Gasteiger partial charge in [0.05, 0.1) is 40.1 Å². The van der Waals surface area contributed by atoms with Crippen molar-refractivity contribution in [3.8, 4) is 0 Å². The summed E-state index contributed by atoms with van der Waals surface area (Å²) in [7, 11) is 0. The van der Waals surface area contributed by atoms with Crippen molar-refractivity contribution >= 4 is 55.2 Å². The molecule has 1 atom stereocenters. The molecule has 1 aliphatic heterocycles. The molecule has 6 nitrogen and oxygen atoms in total. The number of hydrogen-bond donors (Lipinski definition) is 0. The molecule has 1 saturated heterocycles. The van der Waals surface area contributed by atoms with Gasteiger partial charge < -0.3 is 4.74 Å². The smallest absolute Gasteiger partial charge is 0.280 e. The lowest BCUT2D eigenvalue weighted by Crippen LogP contribution is -2.38. The zero-order chi connectivity index (χ0) is 19.8. The highest BCUT2D eigenvalue weighted by molar-refractivity contribution is 7.22. The Labute approximate surface area is 176 Å². The van der Waals surface area contributed by atoms with Crippen LogP contribution in [-0.2, 0) is 4.74 Å². The van der Waals surface area contributed by atoms with Crippen molar-refractivity contribution in [3.05, 3.63) is 59.4 Å². The number of para-hydroxylation sites is 2. The van der Waals surface area contributed by atoms with Gasteiger partial charge in [-0.2, -0.15) is 0 Å². The number of fused-ring (bicyclic) bond motifs is 2. The van der Waals surface area contributed by atoms with Gasteiger partial charge in [-0.1, -0.05) is 35.1 Å². The van der Waals surface area contributed by atoms with Crippen molar-refractivity contribution in [2.45, 2.75) is 18.9 Å². The number of amides is 1. The molecule has 0 aliphatic carbocycles. The molecule has 1 aliphatic rings. The highest BCUT2D eigenvalue weighted by Gasteiger charge is 2.28. The Kier molecular flexibility index (Phi) is 4.87. The number of ether oxygens (including phenoxy) is 1. The van der Waals surface area contributed by atoms with Crippen LogP contribution in [0.4, 0.5) is 5.13 Å². The number of carbonyl (C=O) groups excluding carboxylic acids is 1. The number of carbonyl (C=O) groups is 1. The van der Waals surface area contributed by atoms with E-state index in [1.165, 1.54) is 17.5 Å². The zero-order valence-electron chi connectivity index (χ0n) is 15.4. The van der Waals surface area contributed by atoms with Gasteiger partial charge in [0, 0.05) is 11.6 Å². The van der Waals surface area contributed by atoms with Crippen LogP contribution in [0.15, 0.2) is 48.7 Å². The van der Waals surface area contributed by atoms with Crippen molar-refractivity contribution in [2.24, 2.45) is 0 Å². The normalized spacial score (nSPS) is 16.5. The van der Waals surface area contributed by atoms with Crippen LogP contribution in [0.3, 0.4) is 0 Å². The second kappa shape index (κ2) is 7.67. The maximum Gasteiger partial charge on any atom is 0.280 e. The Morgan fingerprint density at radius 2 is 2.03 bits per heavy atom. The van der Waals surface area contributed by atoms with Crippen LogP contribution in [0, 0.1) is 0 Å². The zero-order valence-corrected chi connectivity index (χ0v) is 17.0. The fourth-order valence-corrected chi connectivity index (χ4v) is 4.69. The van der Waals surface area contributed by atoms with Crippen LogP contribution in [0.1, 0.15) is 23.3 Å². The van der Waals surface area contributed by atoms with Crippen LogP contribution < -0.4 is 4.90 Å². The number of thiazole rings is 1. The van der Waals surface area contributed by atoms with Gasteiger partial charge in [0.15, 0.2) is 5.13 Å². The molecular weight excluding hydrogens is 408 g/mol. The Balaban J connectivity index is 1.55. The number of rotatable bonds is 4. The maximum atomic E-state index is 13.4. The fraction of sp³-hybridized carbons (Fsp3) is 0.238. The van der Waals surface area contributed by atoms with Crippen molar-refractivity contribution in [1.82, 2.24) is 15.0 Å². The Bertz CT molecular complexity index is 1210. The number of benzene rings is 2. The first-order valence-electron chi connectivity index (χ1n) is 9.39. The van der Waals surface area contributed by atoms with Crippen LogP contribution in [0.25, 0.3) is 21.3 Å². The maximum absolute atomic E-state index is 13.4. The van der Waals surface area contributed by atoms with Gasteiger partial charge in [-0.25, -0.2) is 9.97 Å². The Morgan fingerprint density at radius 3 is 2.86 bits per heavy atom. The molecule has 3 heterocycles. The molecule has 0 N–H and O–H groups in total. The molecule has 1 unspecified atom stereocenters. The van der Waals surface area contributed by atoms with E-state index >= 15 is 0 Å². The molecule has 2 aromatic heterocycles. The molecule has 0 bridgehead atoms. The Hall–Kier alpha value is -2.61. The highest BCUT2D eigenvalue weighted by Crippen LogP contribution is 2.32. The van der Waals surface area contributed by atoms with Crippen molar-refractivity contribution in [3.63, 3.8) is 0 Å². The van der Waals surface area contributed by atoms with E-state index < -0.39 is 0 Å². The lowest BCUT2D eigenvalue weighted by atomic mass is 10.2. The first-order valence-corrected chi connectivity index (χ1v) is 10.6. The number of hydrogen-bond acceptors (Lipinski definition) is 6. The minimum atomic E-state index is -0.232. The van der Waals surface area contributed by atoms with Gasteiger partial charge >= 0.3 is 0 Å². The summed E-state index contributed by atoms with van der Waals surface area (Å²) in [6.45, 7) is 1.15. The highest BCUT2D eigenvalue weighted by atomic mass is 35.5. The summed E-state index contributed by atoms with van der Waals surface area (Å²) < 4.78 is 6.71. The molecule has 29 heavy (non-hydrogen) atoms. The molecule has 0 saturated carbocycles. The summed E-state index contributed by atoms with van der Waals surface area (Å²) in [5.74, 6) is -0.232. The molecule has 2 aromatic carbocycles. The van der Waals surface area contributed by atoms with Gasteiger partial charge in [-0.05, 0) is 43.2 Å². The SMILES string of the molecule is O=C(c1cnc2ccccc2n1)N(CC1CCCO1)c1nc2ccc(Cl)cc2s1. The summed E-state index contributed by atoms with van der Waals surface area (Å²) in [6, 6.07) is 13.0. The monoisotopic (exact) mass is 424 g/mol. The van der Waals surface area contributed by atoms with Crippen LogP contribution >= 0.6 is 22.9 Å². The first-order chi connectivity index (χ1) is 14.2. The third-order valence-corrected chi connectivity index (χ3v) is 6.17. The van der Waals surface area contributed by atoms with Crippen LogP contribution in [0.2, 0.25) is 5.02 Å². The summed E-state index contributed by atoms with van der Waals surface area (Å²) in [4.78, 5) is 28.7. The molecule has 0 radical (unpaired) electrons. The molecular formula is C21H17ClN4O2S. The largest absolute Gasteiger partial charge is 0.376 e. The summed E-state index contributed by atoms with van der Waals surface area (Å²) in [6.07, 6.45) is 3.43. The van der Waals surface area contributed by atoms with Gasteiger partial charge in [0.2, 0.25) is 0 Å². The van der Waals surface area contributed by atoms with E-state index in [1.807, 2.05) is 36.4 Å². The average molecular weight is 425 g/mol. The molecule has 146 valence electrons. The fourth-order valence-electron chi connectivity index (χ4n) is 3.44. The lowest BCUT2D eigenvalue weighted by molar-refractivity contribution is 0.0913. The number of nitrogens with zero attached hydrogens (tertiary/aromatic N) is 4. The van der Waals surface area contributed by atoms with E-state index in [-0.39, 0.29) is 12.0 Å². The summed E-state index contributed by atoms with van der Waals surface area (Å²) >= 11 is 7.55. The molecule has 4 aromatic rings. The van der Waals surface area contributed by atoms with Crippen LogP contribution in [-0.4, -0.2) is 40.1 Å². The minimum Gasteiger partial charge on any atom is -0.376 e. The quantitative estimate of drug-likeness (QED) is 0.474. The lowest BCUT2D eigenvalue weighted by Gasteiger charge is -2.22. The summed E-state index contributed by atoms with van der Waals surface area (Å²) in [5.41, 5.74) is 2.54. The second-order valence-corrected chi connectivity index (χ2v) is 8.35. The predicted molar refractivity (Wildman–Crippen MR) is 115 cm³/mol. The standard InChI is InChI=1S/C21H17ClN4O2S/c22-13-7-8-17-19(10-13)29-21(25-17)26(12-14-4-3-9-28-14)20(27)18-11-23-15-5-1-2-6-16(15)24-18/h1-2,5-8,10-11,14H,3-4,9,12H2. The topological polar surface area (TPSA) is 68.2 Å². The minimum absolute atomic E-state index is 0.0111. The number of aromatic nitrogens is 3. The van der Waals surface area contributed by atoms with Gasteiger partial charge in [-0.3, -0.25) is 14.7 Å². The van der Waals surface area contributed by atoms with E-state index in [4.69, 9.17) is 16.3 Å². The molecule has 1 fully saturated rings. The van der Waals surface area contributed by atoms with Gasteiger partial charge in [0.25, 0.3) is 5.91 Å². The average Bonchev–Trinajstić information content (AvgIpc) is 3.40. The van der Waals surface area contributed by atoms with Crippen molar-refractivity contribution in [1.29, 1.82) is 0 Å². The number of anilines is 1. The third kappa shape index (κ3) is 3.69. The molecule has 0 spiro atoms. The Morgan fingerprint density at radius 1 is 1.17 bits per heavy atom. The van der Waals surface area contributed by atoms with Crippen molar-refractivity contribution < 1.29 is 9.53 Å². The molecule has 8 heteroatoms. The van der Waals surface area contributed by atoms with E-state index in [9.17, 15) is 4.79 Å². The first kappa shape index (κ1) is 18.4. The van der Waals surface area contributed by atoms with E-state index in [0.717, 1.165) is 35.2 Å². The van der Waals surface area contributed by atoms with E-state index in [0.29, 0.717) is 27.9 Å². The van der Waals surface area contributed by atoms with Gasteiger partial charge in [-0.15, -0.1) is 0 Å². The van der Waals surface area contributed by atoms with Gasteiger partial charge in [0.1, 0.15) is 5.69 Å². The van der Waals surface area contributed by atoms with Crippen LogP contribution in [0.5, 0.6) is 0 Å². The van der Waals surface area contributed by atoms with E-state index in [2.05, 4.69) is 15.0 Å². The second-order valence-electron chi connectivity index (χ2n) is 6.90. The number of halogens is 1.